The van der Waals surface area contributed by atoms with Gasteiger partial charge in [-0.25, -0.2) is 4.18 Å². The van der Waals surface area contributed by atoms with Gasteiger partial charge in [0.2, 0.25) is 5.91 Å². The first kappa shape index (κ1) is 33.3. The van der Waals surface area contributed by atoms with Gasteiger partial charge in [0, 0.05) is 6.92 Å². The Morgan fingerprint density at radius 2 is 1.35 bits per heavy atom. The zero-order chi connectivity index (χ0) is 30.1. The van der Waals surface area contributed by atoms with Crippen molar-refractivity contribution >= 4 is 16.3 Å². The first-order valence-electron chi connectivity index (χ1n) is 12.1. The first-order chi connectivity index (χ1) is 18.5. The van der Waals surface area contributed by atoms with Gasteiger partial charge in [0.15, 0.2) is 18.9 Å². The maximum Gasteiger partial charge on any atom is 0.397 e. The number of hydrogen-bond acceptors (Lipinski definition) is 17. The zero-order valence-corrected chi connectivity index (χ0v) is 22.0. The lowest BCUT2D eigenvalue weighted by Crippen LogP contribution is -2.69. The predicted molar refractivity (Wildman–Crippen MR) is 122 cm³/mol. The molecule has 3 heterocycles. The van der Waals surface area contributed by atoms with Crippen LogP contribution in [0.1, 0.15) is 13.8 Å². The third-order valence-corrected chi connectivity index (χ3v) is 7.09. The van der Waals surface area contributed by atoms with Gasteiger partial charge in [0.05, 0.1) is 19.3 Å². The molecule has 1 amide bonds. The van der Waals surface area contributed by atoms with Gasteiger partial charge in [-0.2, -0.15) is 8.42 Å². The van der Waals surface area contributed by atoms with Gasteiger partial charge in [0.1, 0.15) is 67.1 Å². The summed E-state index contributed by atoms with van der Waals surface area (Å²) in [4.78, 5) is 11.9. The maximum atomic E-state index is 11.9. The lowest BCUT2D eigenvalue weighted by atomic mass is 9.94. The van der Waals surface area contributed by atoms with Crippen LogP contribution in [0, 0.1) is 0 Å². The normalized spacial score (nSPS) is 46.6. The van der Waals surface area contributed by atoms with Gasteiger partial charge in [-0.3, -0.25) is 9.35 Å². The maximum absolute atomic E-state index is 11.9. The molecule has 0 aromatic heterocycles. The van der Waals surface area contributed by atoms with Crippen LogP contribution in [0.5, 0.6) is 0 Å². The molecule has 0 bridgehead atoms. The van der Waals surface area contributed by atoms with Crippen molar-refractivity contribution in [3.8, 4) is 0 Å². The van der Waals surface area contributed by atoms with Crippen LogP contribution in [0.4, 0.5) is 0 Å². The molecular formula is C20H35NO18S. The summed E-state index contributed by atoms with van der Waals surface area (Å²) in [5, 5.41) is 83.8. The molecule has 3 aliphatic rings. The third kappa shape index (κ3) is 7.60. The molecule has 0 aliphatic carbocycles. The number of carbonyl (C=O) groups is 1. The van der Waals surface area contributed by atoms with Crippen LogP contribution < -0.4 is 5.32 Å². The summed E-state index contributed by atoms with van der Waals surface area (Å²) >= 11 is 0. The number of aliphatic hydroxyl groups excluding tert-OH is 8. The highest BCUT2D eigenvalue weighted by molar-refractivity contribution is 7.80. The standard InChI is InChI=1S/C20H35NO18S/c1-5-10(24)12(26)14(28)19(35-5)39-17-9(21-6(2)23)18(30)36-8(4-34-40(31,32)33)16(17)38-20-15(29)13(27)11(25)7(3-22)37-20/h5,7-20,22,24-30H,3-4H2,1-2H3,(H,21,23)(H,31,32,33)/t5-,7+,8+,9+,10+,11-,12+,13-,14-,15+,16+,17+,18?,19-,20-/m0/s1. The van der Waals surface area contributed by atoms with E-state index in [9.17, 15) is 54.1 Å². The summed E-state index contributed by atoms with van der Waals surface area (Å²) in [7, 11) is -5.08. The third-order valence-electron chi connectivity index (χ3n) is 6.66. The van der Waals surface area contributed by atoms with Gasteiger partial charge in [0.25, 0.3) is 0 Å². The van der Waals surface area contributed by atoms with Crippen LogP contribution in [-0.4, -0.2) is 165 Å². The second-order valence-electron chi connectivity index (χ2n) is 9.58. The summed E-state index contributed by atoms with van der Waals surface area (Å²) in [6.07, 6.45) is -24.3. The van der Waals surface area contributed by atoms with E-state index in [4.69, 9.17) is 28.2 Å². The van der Waals surface area contributed by atoms with Gasteiger partial charge >= 0.3 is 10.4 Å². The summed E-state index contributed by atoms with van der Waals surface area (Å²) in [5.41, 5.74) is 0. The summed E-state index contributed by atoms with van der Waals surface area (Å²) in [6.45, 7) is 0.495. The van der Waals surface area contributed by atoms with E-state index in [0.717, 1.165) is 6.92 Å². The van der Waals surface area contributed by atoms with Gasteiger partial charge in [-0.1, -0.05) is 0 Å². The molecular weight excluding hydrogens is 574 g/mol. The SMILES string of the molecule is CC(=O)N[C@H]1C(O)O[C@H](COS(=O)(=O)O)[C@@H](O[C@@H]2O[C@H](CO)[C@H](O)[C@H](O)[C@H]2O)[C@@H]1O[C@@H]1O[C@@H](C)[C@@H](O)[C@@H](O)[C@@H]1O. The van der Waals surface area contributed by atoms with Gasteiger partial charge < -0.3 is 69.9 Å². The molecule has 1 unspecified atom stereocenters. The van der Waals surface area contributed by atoms with E-state index < -0.39 is 122 Å². The molecule has 0 radical (unpaired) electrons. The molecule has 19 nitrogen and oxygen atoms in total. The van der Waals surface area contributed by atoms with Crippen LogP contribution in [-0.2, 0) is 43.1 Å². The summed E-state index contributed by atoms with van der Waals surface area (Å²) in [6, 6.07) is -1.58. The van der Waals surface area contributed by atoms with Crippen molar-refractivity contribution in [1.29, 1.82) is 0 Å². The van der Waals surface area contributed by atoms with E-state index in [1.54, 1.807) is 0 Å². The van der Waals surface area contributed by atoms with Crippen molar-refractivity contribution in [1.82, 2.24) is 5.32 Å². The van der Waals surface area contributed by atoms with E-state index in [-0.39, 0.29) is 0 Å². The molecule has 0 spiro atoms. The van der Waals surface area contributed by atoms with Gasteiger partial charge in [-0.15, -0.1) is 0 Å². The molecule has 40 heavy (non-hydrogen) atoms. The van der Waals surface area contributed by atoms with E-state index >= 15 is 0 Å². The highest BCUT2D eigenvalue weighted by Gasteiger charge is 2.54. The van der Waals surface area contributed by atoms with Crippen LogP contribution in [0.3, 0.4) is 0 Å². The lowest BCUT2D eigenvalue weighted by molar-refractivity contribution is -0.370. The second kappa shape index (κ2) is 13.4. The lowest BCUT2D eigenvalue weighted by Gasteiger charge is -2.49. The van der Waals surface area contributed by atoms with Crippen LogP contribution in [0.25, 0.3) is 0 Å². The van der Waals surface area contributed by atoms with Crippen molar-refractivity contribution in [2.24, 2.45) is 0 Å². The number of nitrogens with one attached hydrogen (secondary N) is 1. The molecule has 3 saturated heterocycles. The number of aliphatic hydroxyl groups is 8. The van der Waals surface area contributed by atoms with E-state index in [0.29, 0.717) is 0 Å². The molecule has 20 heteroatoms. The Morgan fingerprint density at radius 3 is 1.90 bits per heavy atom. The zero-order valence-electron chi connectivity index (χ0n) is 21.2. The van der Waals surface area contributed by atoms with Crippen LogP contribution in [0.2, 0.25) is 0 Å². The quantitative estimate of drug-likeness (QED) is 0.109. The van der Waals surface area contributed by atoms with Crippen LogP contribution >= 0.6 is 0 Å². The average molecular weight is 610 g/mol. The minimum atomic E-state index is -5.08. The van der Waals surface area contributed by atoms with Crippen molar-refractivity contribution in [3.63, 3.8) is 0 Å². The van der Waals surface area contributed by atoms with E-state index in [2.05, 4.69) is 9.50 Å². The second-order valence-corrected chi connectivity index (χ2v) is 10.7. The highest BCUT2D eigenvalue weighted by Crippen LogP contribution is 2.33. The molecule has 0 aromatic carbocycles. The average Bonchev–Trinajstić information content (AvgIpc) is 2.87. The molecule has 3 fully saturated rings. The monoisotopic (exact) mass is 609 g/mol. The van der Waals surface area contributed by atoms with Gasteiger partial charge in [-0.05, 0) is 6.92 Å². The first-order valence-corrected chi connectivity index (χ1v) is 13.5. The molecule has 3 rings (SSSR count). The summed E-state index contributed by atoms with van der Waals surface area (Å²) in [5.74, 6) is -0.741. The fourth-order valence-electron chi connectivity index (χ4n) is 4.54. The highest BCUT2D eigenvalue weighted by atomic mass is 32.3. The Kier molecular flexibility index (Phi) is 11.2. The topological polar surface area (TPSA) is 301 Å². The fourth-order valence-corrected chi connectivity index (χ4v) is 4.84. The fraction of sp³-hybridized carbons (Fsp3) is 0.950. The molecule has 0 aromatic rings. The molecule has 0 saturated carbocycles. The molecule has 15 atom stereocenters. The number of hydrogen-bond donors (Lipinski definition) is 10. The van der Waals surface area contributed by atoms with E-state index in [1.165, 1.54) is 6.92 Å². The number of rotatable bonds is 9. The number of amides is 1. The van der Waals surface area contributed by atoms with Crippen molar-refractivity contribution in [3.05, 3.63) is 0 Å². The smallest absolute Gasteiger partial charge is 0.394 e. The Morgan fingerprint density at radius 1 is 0.800 bits per heavy atom. The molecule has 10 N–H and O–H groups in total. The molecule has 3 aliphatic heterocycles. The predicted octanol–water partition coefficient (Wildman–Crippen LogP) is -6.57. The minimum absolute atomic E-state index is 0.741. The largest absolute Gasteiger partial charge is 0.397 e. The van der Waals surface area contributed by atoms with Crippen molar-refractivity contribution < 1.29 is 86.5 Å². The number of carbonyl (C=O) groups excluding carboxylic acids is 1. The van der Waals surface area contributed by atoms with Crippen LogP contribution in [0.15, 0.2) is 0 Å². The Balaban J connectivity index is 2.00. The van der Waals surface area contributed by atoms with Crippen molar-refractivity contribution in [2.45, 2.75) is 106 Å². The number of ether oxygens (including phenoxy) is 5. The summed E-state index contributed by atoms with van der Waals surface area (Å²) < 4.78 is 63.5. The Labute approximate surface area is 227 Å². The molecule has 234 valence electrons. The van der Waals surface area contributed by atoms with E-state index in [1.807, 2.05) is 0 Å². The Bertz CT molecular complexity index is 954. The Hall–Kier alpha value is -1.18. The minimum Gasteiger partial charge on any atom is -0.394 e. The van der Waals surface area contributed by atoms with Crippen molar-refractivity contribution in [2.75, 3.05) is 13.2 Å².